The molecule has 2 heterocycles. The van der Waals surface area contributed by atoms with E-state index < -0.39 is 0 Å². The summed E-state index contributed by atoms with van der Waals surface area (Å²) in [6.45, 7) is 3.29. The fourth-order valence-electron chi connectivity index (χ4n) is 2.50. The van der Waals surface area contributed by atoms with Crippen molar-refractivity contribution in [1.82, 2.24) is 14.7 Å². The normalized spacial score (nSPS) is 18.9. The number of anilines is 1. The molecule has 1 unspecified atom stereocenters. The number of nitrogens with zero attached hydrogens (tertiary/aromatic N) is 3. The van der Waals surface area contributed by atoms with E-state index in [9.17, 15) is 9.59 Å². The molecule has 1 saturated heterocycles. The highest BCUT2D eigenvalue weighted by Crippen LogP contribution is 2.19. The number of amides is 2. The Morgan fingerprint density at radius 2 is 2.30 bits per heavy atom. The third-order valence-corrected chi connectivity index (χ3v) is 3.57. The second-order valence-electron chi connectivity index (χ2n) is 5.29. The molecular weight excluding hydrogens is 256 g/mol. The summed E-state index contributed by atoms with van der Waals surface area (Å²) in [4.78, 5) is 25.9. The van der Waals surface area contributed by atoms with Gasteiger partial charge >= 0.3 is 0 Å². The van der Waals surface area contributed by atoms with Crippen molar-refractivity contribution in [2.45, 2.75) is 32.6 Å². The van der Waals surface area contributed by atoms with Gasteiger partial charge in [-0.25, -0.2) is 0 Å². The van der Waals surface area contributed by atoms with Crippen molar-refractivity contribution in [2.24, 2.45) is 13.0 Å². The van der Waals surface area contributed by atoms with E-state index in [4.69, 9.17) is 0 Å². The highest BCUT2D eigenvalue weighted by atomic mass is 16.2. The Hall–Kier alpha value is -1.85. The summed E-state index contributed by atoms with van der Waals surface area (Å²) in [5, 5.41) is 6.95. The smallest absolute Gasteiger partial charge is 0.230 e. The largest absolute Gasteiger partial charge is 0.342 e. The first-order valence-corrected chi connectivity index (χ1v) is 7.18. The first-order chi connectivity index (χ1) is 9.60. The van der Waals surface area contributed by atoms with Crippen LogP contribution in [0, 0.1) is 5.92 Å². The third-order valence-electron chi connectivity index (χ3n) is 3.57. The van der Waals surface area contributed by atoms with Crippen molar-refractivity contribution < 1.29 is 9.59 Å². The Morgan fingerprint density at radius 1 is 1.50 bits per heavy atom. The van der Waals surface area contributed by atoms with E-state index in [0.717, 1.165) is 25.8 Å². The number of aromatic nitrogens is 2. The van der Waals surface area contributed by atoms with Crippen LogP contribution in [0.1, 0.15) is 32.6 Å². The lowest BCUT2D eigenvalue weighted by Gasteiger charge is -2.32. The van der Waals surface area contributed by atoms with Gasteiger partial charge in [-0.15, -0.1) is 0 Å². The van der Waals surface area contributed by atoms with Crippen LogP contribution in [-0.2, 0) is 16.6 Å². The SMILES string of the molecule is CCCC(=O)N1CCCC(C(=O)Nc2ccn(C)n2)C1. The van der Waals surface area contributed by atoms with E-state index in [0.29, 0.717) is 18.8 Å². The van der Waals surface area contributed by atoms with Crippen LogP contribution in [-0.4, -0.2) is 39.6 Å². The molecule has 0 aromatic carbocycles. The Kier molecular flexibility index (Phi) is 4.76. The Morgan fingerprint density at radius 3 is 2.95 bits per heavy atom. The zero-order valence-corrected chi connectivity index (χ0v) is 12.1. The third kappa shape index (κ3) is 3.59. The van der Waals surface area contributed by atoms with Crippen molar-refractivity contribution in [3.05, 3.63) is 12.3 Å². The number of rotatable bonds is 4. The van der Waals surface area contributed by atoms with Crippen LogP contribution in [0.2, 0.25) is 0 Å². The molecule has 0 spiro atoms. The van der Waals surface area contributed by atoms with E-state index in [1.807, 2.05) is 11.8 Å². The number of piperidine rings is 1. The highest BCUT2D eigenvalue weighted by Gasteiger charge is 2.28. The van der Waals surface area contributed by atoms with Gasteiger partial charge in [-0.2, -0.15) is 5.10 Å². The fourth-order valence-corrected chi connectivity index (χ4v) is 2.50. The summed E-state index contributed by atoms with van der Waals surface area (Å²) < 4.78 is 1.65. The number of carbonyl (C=O) groups is 2. The monoisotopic (exact) mass is 278 g/mol. The molecule has 1 N–H and O–H groups in total. The van der Waals surface area contributed by atoms with Crippen molar-refractivity contribution in [1.29, 1.82) is 0 Å². The second kappa shape index (κ2) is 6.54. The van der Waals surface area contributed by atoms with E-state index in [1.54, 1.807) is 24.0 Å². The molecule has 1 aliphatic rings. The molecular formula is C14H22N4O2. The van der Waals surface area contributed by atoms with Crippen LogP contribution < -0.4 is 5.32 Å². The molecule has 6 heteroatoms. The fraction of sp³-hybridized carbons (Fsp3) is 0.643. The van der Waals surface area contributed by atoms with Crippen LogP contribution in [0.4, 0.5) is 5.82 Å². The van der Waals surface area contributed by atoms with Gasteiger partial charge < -0.3 is 10.2 Å². The number of nitrogens with one attached hydrogen (secondary N) is 1. The summed E-state index contributed by atoms with van der Waals surface area (Å²) in [6.07, 6.45) is 4.91. The lowest BCUT2D eigenvalue weighted by Crippen LogP contribution is -2.43. The molecule has 6 nitrogen and oxygen atoms in total. The summed E-state index contributed by atoms with van der Waals surface area (Å²) in [6, 6.07) is 1.76. The molecule has 20 heavy (non-hydrogen) atoms. The van der Waals surface area contributed by atoms with Gasteiger partial charge in [-0.05, 0) is 19.3 Å². The lowest BCUT2D eigenvalue weighted by atomic mass is 9.97. The maximum Gasteiger partial charge on any atom is 0.230 e. The lowest BCUT2D eigenvalue weighted by molar-refractivity contribution is -0.134. The number of likely N-dealkylation sites (tertiary alicyclic amines) is 1. The van der Waals surface area contributed by atoms with Gasteiger partial charge in [0.05, 0.1) is 5.92 Å². The number of hydrogen-bond donors (Lipinski definition) is 1. The van der Waals surface area contributed by atoms with Crippen molar-refractivity contribution in [3.63, 3.8) is 0 Å². The second-order valence-corrected chi connectivity index (χ2v) is 5.29. The number of carbonyl (C=O) groups excluding carboxylic acids is 2. The molecule has 1 aromatic rings. The van der Waals surface area contributed by atoms with E-state index in [2.05, 4.69) is 10.4 Å². The molecule has 1 aliphatic heterocycles. The number of hydrogen-bond acceptors (Lipinski definition) is 3. The first kappa shape index (κ1) is 14.6. The van der Waals surface area contributed by atoms with Crippen LogP contribution in [0.15, 0.2) is 12.3 Å². The Bertz CT molecular complexity index is 483. The van der Waals surface area contributed by atoms with Crippen molar-refractivity contribution >= 4 is 17.6 Å². The van der Waals surface area contributed by atoms with Crippen LogP contribution in [0.25, 0.3) is 0 Å². The Balaban J connectivity index is 1.91. The minimum atomic E-state index is -0.133. The maximum absolute atomic E-state index is 12.2. The summed E-state index contributed by atoms with van der Waals surface area (Å²) in [5.74, 6) is 0.543. The van der Waals surface area contributed by atoms with Crippen molar-refractivity contribution in [2.75, 3.05) is 18.4 Å². The van der Waals surface area contributed by atoms with Gasteiger partial charge in [-0.1, -0.05) is 6.92 Å². The molecule has 0 saturated carbocycles. The van der Waals surface area contributed by atoms with E-state index in [1.165, 1.54) is 0 Å². The van der Waals surface area contributed by atoms with Crippen molar-refractivity contribution in [3.8, 4) is 0 Å². The van der Waals surface area contributed by atoms with Gasteiger partial charge in [0.25, 0.3) is 0 Å². The van der Waals surface area contributed by atoms with Crippen LogP contribution in [0.3, 0.4) is 0 Å². The molecule has 2 amide bonds. The minimum absolute atomic E-state index is 0.0438. The molecule has 0 aliphatic carbocycles. The molecule has 1 fully saturated rings. The standard InChI is InChI=1S/C14H22N4O2/c1-3-5-13(19)18-8-4-6-11(10-18)14(20)15-12-7-9-17(2)16-12/h7,9,11H,3-6,8,10H2,1-2H3,(H,15,16,20). The molecule has 0 bridgehead atoms. The van der Waals surface area contributed by atoms with Gasteiger partial charge in [0.2, 0.25) is 11.8 Å². The predicted molar refractivity (Wildman–Crippen MR) is 76.0 cm³/mol. The molecule has 110 valence electrons. The molecule has 1 atom stereocenters. The first-order valence-electron chi connectivity index (χ1n) is 7.18. The van der Waals surface area contributed by atoms with Gasteiger partial charge in [0.1, 0.15) is 0 Å². The average Bonchev–Trinajstić information content (AvgIpc) is 2.84. The zero-order valence-electron chi connectivity index (χ0n) is 12.1. The van der Waals surface area contributed by atoms with E-state index >= 15 is 0 Å². The molecule has 1 aromatic heterocycles. The Labute approximate surface area is 119 Å². The zero-order chi connectivity index (χ0) is 14.5. The quantitative estimate of drug-likeness (QED) is 0.905. The van der Waals surface area contributed by atoms with Gasteiger partial charge in [-0.3, -0.25) is 14.3 Å². The maximum atomic E-state index is 12.2. The average molecular weight is 278 g/mol. The van der Waals surface area contributed by atoms with Gasteiger partial charge in [0.15, 0.2) is 5.82 Å². The van der Waals surface area contributed by atoms with Gasteiger partial charge in [0, 0.05) is 38.8 Å². The molecule has 2 rings (SSSR count). The topological polar surface area (TPSA) is 67.2 Å². The highest BCUT2D eigenvalue weighted by molar-refractivity contribution is 5.92. The predicted octanol–water partition coefficient (Wildman–Crippen LogP) is 1.40. The van der Waals surface area contributed by atoms with Crippen LogP contribution in [0.5, 0.6) is 0 Å². The van der Waals surface area contributed by atoms with E-state index in [-0.39, 0.29) is 17.7 Å². The summed E-state index contributed by atoms with van der Waals surface area (Å²) in [7, 11) is 1.81. The van der Waals surface area contributed by atoms with Crippen LogP contribution >= 0.6 is 0 Å². The number of aryl methyl sites for hydroxylation is 1. The summed E-state index contributed by atoms with van der Waals surface area (Å²) >= 11 is 0. The summed E-state index contributed by atoms with van der Waals surface area (Å²) in [5.41, 5.74) is 0. The molecule has 0 radical (unpaired) electrons. The minimum Gasteiger partial charge on any atom is -0.342 e.